The van der Waals surface area contributed by atoms with Gasteiger partial charge in [-0.2, -0.15) is 5.26 Å². The summed E-state index contributed by atoms with van der Waals surface area (Å²) in [5.41, 5.74) is 1.81. The topological polar surface area (TPSA) is 99.4 Å². The summed E-state index contributed by atoms with van der Waals surface area (Å²) in [6, 6.07) is 3.52. The van der Waals surface area contributed by atoms with Crippen LogP contribution in [-0.2, 0) is 10.2 Å². The molecule has 0 bridgehead atoms. The first kappa shape index (κ1) is 16.9. The Kier molecular flexibility index (Phi) is 5.22. The minimum Gasteiger partial charge on any atom is -0.449 e. The number of nitrogens with zero attached hydrogens (tertiary/aromatic N) is 1. The Morgan fingerprint density at radius 1 is 1.38 bits per heavy atom. The standard InChI is InChI=1S/C14H16N2O4S/c1-8-5-11(21-7-15)9(14(2,3)4)6-10(8)16-12(17)20-13(18)19/h5-6H,1-4H3,(H,16,17)(H,18,19). The van der Waals surface area contributed by atoms with Gasteiger partial charge >= 0.3 is 12.2 Å². The fourth-order valence-electron chi connectivity index (χ4n) is 1.75. The summed E-state index contributed by atoms with van der Waals surface area (Å²) < 4.78 is 4.02. The first-order chi connectivity index (χ1) is 9.65. The number of hydrogen-bond donors (Lipinski definition) is 2. The van der Waals surface area contributed by atoms with Crippen molar-refractivity contribution in [1.29, 1.82) is 5.26 Å². The quantitative estimate of drug-likeness (QED) is 0.369. The minimum absolute atomic E-state index is 0.236. The first-order valence-corrected chi connectivity index (χ1v) is 6.89. The molecule has 0 fully saturated rings. The van der Waals surface area contributed by atoms with Crippen molar-refractivity contribution in [3.63, 3.8) is 0 Å². The average molecular weight is 308 g/mol. The van der Waals surface area contributed by atoms with E-state index in [1.807, 2.05) is 26.2 Å². The zero-order chi connectivity index (χ0) is 16.2. The van der Waals surface area contributed by atoms with Crippen molar-refractivity contribution in [2.45, 2.75) is 38.0 Å². The molecule has 21 heavy (non-hydrogen) atoms. The highest BCUT2D eigenvalue weighted by atomic mass is 32.2. The van der Waals surface area contributed by atoms with Gasteiger partial charge in [0.1, 0.15) is 5.40 Å². The normalized spacial score (nSPS) is 10.6. The number of thiocyanates is 1. The number of carbonyl (C=O) groups is 2. The molecule has 7 heteroatoms. The highest BCUT2D eigenvalue weighted by Crippen LogP contribution is 2.36. The summed E-state index contributed by atoms with van der Waals surface area (Å²) in [6.45, 7) is 7.71. The Morgan fingerprint density at radius 3 is 2.48 bits per heavy atom. The predicted molar refractivity (Wildman–Crippen MR) is 79.5 cm³/mol. The number of anilines is 1. The van der Waals surface area contributed by atoms with Gasteiger partial charge in [-0.05, 0) is 47.4 Å². The molecule has 6 nitrogen and oxygen atoms in total. The van der Waals surface area contributed by atoms with Crippen molar-refractivity contribution in [2.24, 2.45) is 0 Å². The van der Waals surface area contributed by atoms with Crippen LogP contribution in [0.25, 0.3) is 0 Å². The van der Waals surface area contributed by atoms with Crippen LogP contribution in [0.2, 0.25) is 0 Å². The zero-order valence-electron chi connectivity index (χ0n) is 12.2. The number of ether oxygens (including phenoxy) is 1. The summed E-state index contributed by atoms with van der Waals surface area (Å²) in [4.78, 5) is 22.5. The van der Waals surface area contributed by atoms with E-state index in [1.54, 1.807) is 19.1 Å². The largest absolute Gasteiger partial charge is 0.514 e. The van der Waals surface area contributed by atoms with Crippen molar-refractivity contribution in [3.05, 3.63) is 23.3 Å². The Balaban J connectivity index is 3.21. The molecule has 1 rings (SSSR count). The van der Waals surface area contributed by atoms with Gasteiger partial charge in [-0.1, -0.05) is 20.8 Å². The second-order valence-corrected chi connectivity index (χ2v) is 6.21. The Morgan fingerprint density at radius 2 is 2.00 bits per heavy atom. The molecule has 0 heterocycles. The lowest BCUT2D eigenvalue weighted by Crippen LogP contribution is -2.19. The lowest BCUT2D eigenvalue weighted by molar-refractivity contribution is 0.116. The van der Waals surface area contributed by atoms with Crippen LogP contribution in [0.4, 0.5) is 15.3 Å². The summed E-state index contributed by atoms with van der Waals surface area (Å²) in [5.74, 6) is 0. The predicted octanol–water partition coefficient (Wildman–Crippen LogP) is 4.09. The van der Waals surface area contributed by atoms with Gasteiger partial charge in [0.25, 0.3) is 0 Å². The highest BCUT2D eigenvalue weighted by Gasteiger charge is 2.21. The molecule has 0 radical (unpaired) electrons. The molecule has 1 aromatic rings. The van der Waals surface area contributed by atoms with E-state index in [4.69, 9.17) is 10.4 Å². The number of nitrogens with one attached hydrogen (secondary N) is 1. The van der Waals surface area contributed by atoms with Gasteiger partial charge in [-0.3, -0.25) is 5.32 Å². The monoisotopic (exact) mass is 308 g/mol. The molecule has 0 unspecified atom stereocenters. The molecule has 0 atom stereocenters. The van der Waals surface area contributed by atoms with Gasteiger partial charge < -0.3 is 9.84 Å². The third kappa shape index (κ3) is 4.68. The van der Waals surface area contributed by atoms with Crippen molar-refractivity contribution in [3.8, 4) is 5.40 Å². The summed E-state index contributed by atoms with van der Waals surface area (Å²) >= 11 is 1.05. The second kappa shape index (κ2) is 6.50. The summed E-state index contributed by atoms with van der Waals surface area (Å²) in [6.07, 6.45) is -2.73. The number of carboxylic acid groups (broad SMARTS) is 1. The Hall–Kier alpha value is -2.20. The lowest BCUT2D eigenvalue weighted by atomic mass is 9.86. The molecule has 0 aliphatic carbocycles. The number of benzene rings is 1. The highest BCUT2D eigenvalue weighted by molar-refractivity contribution is 8.03. The van der Waals surface area contributed by atoms with Crippen molar-refractivity contribution in [2.75, 3.05) is 5.32 Å². The molecular formula is C14H16N2O4S. The van der Waals surface area contributed by atoms with Gasteiger partial charge in [0.05, 0.1) is 0 Å². The molecule has 1 aromatic carbocycles. The second-order valence-electron chi connectivity index (χ2n) is 5.39. The van der Waals surface area contributed by atoms with Crippen LogP contribution in [0.1, 0.15) is 31.9 Å². The summed E-state index contributed by atoms with van der Waals surface area (Å²) in [7, 11) is 0. The molecule has 1 amide bonds. The van der Waals surface area contributed by atoms with E-state index in [0.29, 0.717) is 11.3 Å². The van der Waals surface area contributed by atoms with Crippen LogP contribution in [0, 0.1) is 17.6 Å². The van der Waals surface area contributed by atoms with Crippen molar-refractivity contribution in [1.82, 2.24) is 0 Å². The molecule has 0 saturated heterocycles. The molecule has 112 valence electrons. The number of carbonyl (C=O) groups excluding carboxylic acids is 1. The van der Waals surface area contributed by atoms with E-state index < -0.39 is 12.2 Å². The average Bonchev–Trinajstić information content (AvgIpc) is 2.30. The molecule has 0 saturated carbocycles. The van der Waals surface area contributed by atoms with Crippen LogP contribution in [0.5, 0.6) is 0 Å². The Labute approximate surface area is 127 Å². The molecule has 0 aliphatic heterocycles. The first-order valence-electron chi connectivity index (χ1n) is 6.08. The molecule has 0 aliphatic rings. The Bertz CT molecular complexity index is 615. The number of thioether (sulfide) groups is 1. The molecular weight excluding hydrogens is 292 g/mol. The smallest absolute Gasteiger partial charge is 0.449 e. The molecule has 0 spiro atoms. The summed E-state index contributed by atoms with van der Waals surface area (Å²) in [5, 5.41) is 21.7. The maximum atomic E-state index is 11.4. The lowest BCUT2D eigenvalue weighted by Gasteiger charge is -2.23. The van der Waals surface area contributed by atoms with Gasteiger partial charge in [0, 0.05) is 10.6 Å². The van der Waals surface area contributed by atoms with Gasteiger partial charge in [-0.15, -0.1) is 0 Å². The van der Waals surface area contributed by atoms with E-state index in [1.165, 1.54) is 0 Å². The van der Waals surface area contributed by atoms with E-state index >= 15 is 0 Å². The number of amides is 1. The van der Waals surface area contributed by atoms with E-state index in [-0.39, 0.29) is 5.41 Å². The maximum Gasteiger partial charge on any atom is 0.514 e. The van der Waals surface area contributed by atoms with Crippen LogP contribution in [0.15, 0.2) is 17.0 Å². The number of hydrogen-bond acceptors (Lipinski definition) is 5. The fraction of sp³-hybridized carbons (Fsp3) is 0.357. The van der Waals surface area contributed by atoms with Crippen molar-refractivity contribution >= 4 is 29.7 Å². The van der Waals surface area contributed by atoms with Crippen LogP contribution >= 0.6 is 11.8 Å². The third-order valence-corrected chi connectivity index (χ3v) is 3.36. The number of nitriles is 1. The van der Waals surface area contributed by atoms with Crippen molar-refractivity contribution < 1.29 is 19.4 Å². The van der Waals surface area contributed by atoms with Gasteiger partial charge in [0.15, 0.2) is 0 Å². The van der Waals surface area contributed by atoms with Crippen LogP contribution < -0.4 is 5.32 Å². The number of aryl methyl sites for hydroxylation is 1. The zero-order valence-corrected chi connectivity index (χ0v) is 13.0. The van der Waals surface area contributed by atoms with E-state index in [2.05, 4.69) is 10.1 Å². The molecule has 2 N–H and O–H groups in total. The van der Waals surface area contributed by atoms with Gasteiger partial charge in [0.2, 0.25) is 0 Å². The maximum absolute atomic E-state index is 11.4. The minimum atomic E-state index is -1.67. The SMILES string of the molecule is Cc1cc(SC#N)c(C(C)(C)C)cc1NC(=O)OC(=O)O. The van der Waals surface area contributed by atoms with E-state index in [9.17, 15) is 9.59 Å². The fourth-order valence-corrected chi connectivity index (χ4v) is 2.56. The van der Waals surface area contributed by atoms with Crippen LogP contribution in [0.3, 0.4) is 0 Å². The third-order valence-electron chi connectivity index (χ3n) is 2.71. The van der Waals surface area contributed by atoms with Gasteiger partial charge in [-0.25, -0.2) is 9.59 Å². The number of rotatable bonds is 2. The van der Waals surface area contributed by atoms with Crippen LogP contribution in [-0.4, -0.2) is 17.4 Å². The molecule has 0 aromatic heterocycles. The van der Waals surface area contributed by atoms with E-state index in [0.717, 1.165) is 22.2 Å².